The van der Waals surface area contributed by atoms with Crippen molar-refractivity contribution in [1.29, 1.82) is 5.26 Å². The highest BCUT2D eigenvalue weighted by atomic mass is 16.2. The number of piperidine rings is 1. The number of anilines is 1. The molecule has 21 heavy (non-hydrogen) atoms. The molecule has 3 N–H and O–H groups in total. The van der Waals surface area contributed by atoms with E-state index in [2.05, 4.69) is 16.3 Å². The van der Waals surface area contributed by atoms with Crippen LogP contribution in [0.1, 0.15) is 18.4 Å². The van der Waals surface area contributed by atoms with Crippen molar-refractivity contribution in [2.45, 2.75) is 19.3 Å². The van der Waals surface area contributed by atoms with E-state index >= 15 is 0 Å². The first kappa shape index (κ1) is 15.5. The molecule has 5 nitrogen and oxygen atoms in total. The predicted molar refractivity (Wildman–Crippen MR) is 82.6 cm³/mol. The van der Waals surface area contributed by atoms with Crippen LogP contribution in [0.5, 0.6) is 0 Å². The minimum Gasteiger partial charge on any atom is -0.330 e. The van der Waals surface area contributed by atoms with Crippen LogP contribution in [0.15, 0.2) is 24.3 Å². The summed E-state index contributed by atoms with van der Waals surface area (Å²) in [7, 11) is 0. The average Bonchev–Trinajstić information content (AvgIpc) is 2.49. The van der Waals surface area contributed by atoms with E-state index < -0.39 is 0 Å². The third-order valence-corrected chi connectivity index (χ3v) is 3.82. The zero-order valence-corrected chi connectivity index (χ0v) is 12.2. The smallest absolute Gasteiger partial charge is 0.238 e. The molecule has 1 aliphatic rings. The molecule has 112 valence electrons. The number of carbonyl (C=O) groups excluding carboxylic acids is 1. The monoisotopic (exact) mass is 286 g/mol. The lowest BCUT2D eigenvalue weighted by Gasteiger charge is -2.31. The number of benzene rings is 1. The molecule has 1 aromatic rings. The summed E-state index contributed by atoms with van der Waals surface area (Å²) in [6.45, 7) is 2.98. The molecule has 0 saturated carbocycles. The van der Waals surface area contributed by atoms with E-state index in [0.29, 0.717) is 25.4 Å². The molecule has 0 spiro atoms. The van der Waals surface area contributed by atoms with Crippen molar-refractivity contribution in [3.63, 3.8) is 0 Å². The number of carbonyl (C=O) groups is 1. The molecule has 1 atom stereocenters. The number of nitrogens with two attached hydrogens (primary N) is 1. The second kappa shape index (κ2) is 7.77. The number of nitrogens with one attached hydrogen (secondary N) is 1. The van der Waals surface area contributed by atoms with Gasteiger partial charge in [0.2, 0.25) is 5.91 Å². The minimum absolute atomic E-state index is 0.000652. The summed E-state index contributed by atoms with van der Waals surface area (Å²) in [4.78, 5) is 14.2. The van der Waals surface area contributed by atoms with Gasteiger partial charge in [0.25, 0.3) is 0 Å². The summed E-state index contributed by atoms with van der Waals surface area (Å²) in [5.41, 5.74) is 7.44. The first-order valence-corrected chi connectivity index (χ1v) is 7.39. The van der Waals surface area contributed by atoms with Crippen molar-refractivity contribution >= 4 is 11.6 Å². The molecule has 5 heteroatoms. The van der Waals surface area contributed by atoms with Gasteiger partial charge in [0.15, 0.2) is 0 Å². The van der Waals surface area contributed by atoms with Gasteiger partial charge >= 0.3 is 0 Å². The number of hydrogen-bond donors (Lipinski definition) is 2. The second-order valence-corrected chi connectivity index (χ2v) is 5.56. The quantitative estimate of drug-likeness (QED) is 0.856. The Morgan fingerprint density at radius 1 is 1.43 bits per heavy atom. The number of nitrogens with zero attached hydrogens (tertiary/aromatic N) is 2. The number of nitriles is 1. The molecule has 1 amide bonds. The van der Waals surface area contributed by atoms with Gasteiger partial charge in [-0.1, -0.05) is 12.1 Å². The van der Waals surface area contributed by atoms with Crippen LogP contribution in [0.25, 0.3) is 0 Å². The molecule has 0 aliphatic carbocycles. The van der Waals surface area contributed by atoms with Crippen molar-refractivity contribution < 1.29 is 4.79 Å². The van der Waals surface area contributed by atoms with Crippen molar-refractivity contribution in [1.82, 2.24) is 4.90 Å². The molecule has 0 bridgehead atoms. The van der Waals surface area contributed by atoms with E-state index in [1.54, 1.807) is 0 Å². The van der Waals surface area contributed by atoms with Crippen molar-refractivity contribution in [3.8, 4) is 6.07 Å². The maximum atomic E-state index is 12.0. The van der Waals surface area contributed by atoms with E-state index in [1.165, 1.54) is 0 Å². The Kier molecular flexibility index (Phi) is 5.73. The maximum absolute atomic E-state index is 12.0. The average molecular weight is 286 g/mol. The molecule has 0 aromatic heterocycles. The van der Waals surface area contributed by atoms with Crippen LogP contribution >= 0.6 is 0 Å². The van der Waals surface area contributed by atoms with Gasteiger partial charge in [-0.15, -0.1) is 0 Å². The summed E-state index contributed by atoms with van der Waals surface area (Å²) in [5.74, 6) is 0.512. The van der Waals surface area contributed by atoms with E-state index in [0.717, 1.165) is 37.2 Å². The summed E-state index contributed by atoms with van der Waals surface area (Å²) in [6.07, 6.45) is 2.66. The van der Waals surface area contributed by atoms with Crippen molar-refractivity contribution in [2.24, 2.45) is 11.7 Å². The van der Waals surface area contributed by atoms with Crippen LogP contribution in [0.4, 0.5) is 5.69 Å². The van der Waals surface area contributed by atoms with E-state index in [4.69, 9.17) is 11.0 Å². The van der Waals surface area contributed by atoms with E-state index in [-0.39, 0.29) is 5.91 Å². The van der Waals surface area contributed by atoms with Crippen LogP contribution in [0.3, 0.4) is 0 Å². The zero-order valence-electron chi connectivity index (χ0n) is 12.2. The molecule has 2 rings (SSSR count). The molecular formula is C16H22N4O. The number of rotatable bonds is 5. The van der Waals surface area contributed by atoms with Crippen molar-refractivity contribution in [2.75, 3.05) is 31.5 Å². The van der Waals surface area contributed by atoms with Gasteiger partial charge in [-0.05, 0) is 49.5 Å². The fraction of sp³-hybridized carbons (Fsp3) is 0.500. The van der Waals surface area contributed by atoms with E-state index in [1.807, 2.05) is 24.3 Å². The summed E-state index contributed by atoms with van der Waals surface area (Å²) in [5, 5.41) is 11.5. The highest BCUT2D eigenvalue weighted by Crippen LogP contribution is 2.15. The normalized spacial score (nSPS) is 19.0. The topological polar surface area (TPSA) is 82.2 Å². The molecule has 1 unspecified atom stereocenters. The van der Waals surface area contributed by atoms with Gasteiger partial charge in [-0.3, -0.25) is 9.69 Å². The van der Waals surface area contributed by atoms with E-state index in [9.17, 15) is 4.79 Å². The molecule has 1 saturated heterocycles. The van der Waals surface area contributed by atoms with Gasteiger partial charge in [0.1, 0.15) is 0 Å². The van der Waals surface area contributed by atoms with Crippen LogP contribution in [-0.4, -0.2) is 37.0 Å². The predicted octanol–water partition coefficient (Wildman–Crippen LogP) is 1.36. The molecule has 1 aliphatic heterocycles. The first-order chi connectivity index (χ1) is 10.2. The Bertz CT molecular complexity index is 506. The molecule has 1 heterocycles. The lowest BCUT2D eigenvalue weighted by atomic mass is 9.98. The summed E-state index contributed by atoms with van der Waals surface area (Å²) >= 11 is 0. The van der Waals surface area contributed by atoms with Gasteiger partial charge < -0.3 is 11.1 Å². The number of likely N-dealkylation sites (tertiary alicyclic amines) is 1. The Hall–Kier alpha value is -1.90. The Morgan fingerprint density at radius 2 is 2.19 bits per heavy atom. The molecular weight excluding hydrogens is 264 g/mol. The number of hydrogen-bond acceptors (Lipinski definition) is 4. The Balaban J connectivity index is 1.82. The highest BCUT2D eigenvalue weighted by Gasteiger charge is 2.20. The lowest BCUT2D eigenvalue weighted by molar-refractivity contribution is -0.117. The van der Waals surface area contributed by atoms with Gasteiger partial charge in [0.05, 0.1) is 19.0 Å². The fourth-order valence-electron chi connectivity index (χ4n) is 2.69. The lowest BCUT2D eigenvalue weighted by Crippen LogP contribution is -2.42. The Labute approximate surface area is 125 Å². The minimum atomic E-state index is 0.000652. The van der Waals surface area contributed by atoms with Gasteiger partial charge in [0, 0.05) is 12.2 Å². The fourth-order valence-corrected chi connectivity index (χ4v) is 2.69. The third kappa shape index (κ3) is 4.85. The standard InChI is InChI=1S/C16H22N4O/c17-8-7-13-3-5-15(6-4-13)19-16(21)12-20-9-1-2-14(10-18)11-20/h3-6,14H,1-2,7,9-12,18H2,(H,19,21). The van der Waals surface area contributed by atoms with Crippen LogP contribution in [0.2, 0.25) is 0 Å². The summed E-state index contributed by atoms with van der Waals surface area (Å²) in [6, 6.07) is 9.51. The third-order valence-electron chi connectivity index (χ3n) is 3.82. The van der Waals surface area contributed by atoms with Crippen LogP contribution in [-0.2, 0) is 11.2 Å². The zero-order chi connectivity index (χ0) is 15.1. The Morgan fingerprint density at radius 3 is 2.86 bits per heavy atom. The SMILES string of the molecule is N#CCc1ccc(NC(=O)CN2CCCC(CN)C2)cc1. The largest absolute Gasteiger partial charge is 0.330 e. The highest BCUT2D eigenvalue weighted by molar-refractivity contribution is 5.92. The second-order valence-electron chi connectivity index (χ2n) is 5.56. The summed E-state index contributed by atoms with van der Waals surface area (Å²) < 4.78 is 0. The molecule has 0 radical (unpaired) electrons. The molecule has 1 fully saturated rings. The van der Waals surface area contributed by atoms with Crippen LogP contribution < -0.4 is 11.1 Å². The van der Waals surface area contributed by atoms with Crippen LogP contribution in [0, 0.1) is 17.2 Å². The number of amides is 1. The van der Waals surface area contributed by atoms with Gasteiger partial charge in [-0.2, -0.15) is 5.26 Å². The van der Waals surface area contributed by atoms with Crippen molar-refractivity contribution in [3.05, 3.63) is 29.8 Å². The first-order valence-electron chi connectivity index (χ1n) is 7.39. The van der Waals surface area contributed by atoms with Gasteiger partial charge in [-0.25, -0.2) is 0 Å². The maximum Gasteiger partial charge on any atom is 0.238 e. The molecule has 1 aromatic carbocycles.